The average Bonchev–Trinajstić information content (AvgIpc) is 3.99. The van der Waals surface area contributed by atoms with Gasteiger partial charge in [0.05, 0.1) is 41.2 Å². The first kappa shape index (κ1) is 46.6. The number of Topliss-reactive ketones (excluding diaryl/α,β-unsaturated/α-hetero) is 1. The lowest BCUT2D eigenvalue weighted by molar-refractivity contribution is -0.385. The van der Waals surface area contributed by atoms with E-state index in [1.165, 1.54) is 58.9 Å². The molecule has 3 aliphatic rings. The highest BCUT2D eigenvalue weighted by Crippen LogP contribution is 2.41. The SMILES string of the molecule is CC[C@H]1OC(=O)[C@H](C)[C@@H](OC(=O)Cc2ccccc2[N+](=O)[O-])[C@H](C)[C@@H](OC2O[C@@H](C)C[C@@H](N(C)CC3CC3)[C@@H]2OC)[C@](C)(OC)C[C@@H](C)C(=O)[C@@H](C)[C@@H](O)[C@]1(C)O. The highest BCUT2D eigenvalue weighted by molar-refractivity contribution is 5.83. The van der Waals surface area contributed by atoms with Crippen LogP contribution in [0, 0.1) is 39.7 Å². The summed E-state index contributed by atoms with van der Waals surface area (Å²) in [6.45, 7) is 14.2. The Balaban J connectivity index is 1.84. The van der Waals surface area contributed by atoms with Crippen molar-refractivity contribution in [3.05, 3.63) is 39.9 Å². The molecule has 1 aliphatic carbocycles. The van der Waals surface area contributed by atoms with E-state index in [4.69, 9.17) is 28.4 Å². The molecule has 2 N–H and O–H groups in total. The van der Waals surface area contributed by atoms with E-state index in [0.717, 1.165) is 6.54 Å². The number of carbonyl (C=O) groups excluding carboxylic acids is 3. The van der Waals surface area contributed by atoms with Crippen molar-refractivity contribution >= 4 is 23.4 Å². The van der Waals surface area contributed by atoms with Crippen LogP contribution in [-0.4, -0.2) is 126 Å². The van der Waals surface area contributed by atoms with Gasteiger partial charge < -0.3 is 43.5 Å². The lowest BCUT2D eigenvalue weighted by Gasteiger charge is -2.49. The number of hydrogen-bond donors (Lipinski definition) is 2. The molecule has 0 amide bonds. The van der Waals surface area contributed by atoms with Crippen molar-refractivity contribution in [1.82, 2.24) is 4.90 Å². The topological polar surface area (TPSA) is 193 Å². The standard InChI is InChI=1S/C42H66N2O13/c1-12-32-42(8,49)37(47)25(4)34(46)23(2)21-41(7,53-11)38(57-40-36(52-10)31(19-24(3)54-40)43(9)22-28-17-18-28)26(5)35(27(6)39(48)55-32)56-33(45)20-29-15-13-14-16-30(29)44(50)51/h13-16,23-28,31-32,35-38,40,47,49H,12,17-22H2,1-11H3/t23-,24+,25-,26+,27-,31-,32-,35+,36+,37-,38-,40?,41-,42-/m1/s1. The van der Waals surface area contributed by atoms with Gasteiger partial charge in [0.2, 0.25) is 0 Å². The zero-order chi connectivity index (χ0) is 42.6. The molecule has 1 unspecified atom stereocenters. The van der Waals surface area contributed by atoms with Crippen LogP contribution in [0.2, 0.25) is 0 Å². The lowest BCUT2D eigenvalue weighted by Crippen LogP contribution is -2.61. The fourth-order valence-corrected chi connectivity index (χ4v) is 8.98. The van der Waals surface area contributed by atoms with Gasteiger partial charge in [0.25, 0.3) is 5.69 Å². The number of aliphatic hydroxyl groups is 2. The minimum Gasteiger partial charge on any atom is -0.461 e. The second-order valence-corrected chi connectivity index (χ2v) is 17.2. The normalized spacial score (nSPS) is 38.6. The summed E-state index contributed by atoms with van der Waals surface area (Å²) in [7, 11) is 5.15. The molecule has 0 radical (unpaired) electrons. The Hall–Kier alpha value is -3.05. The van der Waals surface area contributed by atoms with Crippen molar-refractivity contribution in [3.63, 3.8) is 0 Å². The maximum atomic E-state index is 14.2. The third kappa shape index (κ3) is 10.8. The quantitative estimate of drug-likeness (QED) is 0.168. The molecule has 322 valence electrons. The fourth-order valence-electron chi connectivity index (χ4n) is 8.98. The van der Waals surface area contributed by atoms with Crippen LogP contribution in [0.5, 0.6) is 0 Å². The number of nitrogens with zero attached hydrogens (tertiary/aromatic N) is 2. The van der Waals surface area contributed by atoms with Crippen LogP contribution >= 0.6 is 0 Å². The monoisotopic (exact) mass is 806 g/mol. The number of ether oxygens (including phenoxy) is 6. The molecule has 0 aromatic heterocycles. The van der Waals surface area contributed by atoms with Crippen LogP contribution in [0.3, 0.4) is 0 Å². The highest BCUT2D eigenvalue weighted by atomic mass is 16.7. The molecule has 3 fully saturated rings. The highest BCUT2D eigenvalue weighted by Gasteiger charge is 2.53. The molecule has 15 heteroatoms. The minimum absolute atomic E-state index is 0.0639. The molecule has 15 nitrogen and oxygen atoms in total. The van der Waals surface area contributed by atoms with Gasteiger partial charge in [-0.2, -0.15) is 0 Å². The summed E-state index contributed by atoms with van der Waals surface area (Å²) in [5.41, 5.74) is -3.49. The van der Waals surface area contributed by atoms with Gasteiger partial charge in [-0.05, 0) is 72.8 Å². The van der Waals surface area contributed by atoms with Gasteiger partial charge in [-0.15, -0.1) is 0 Å². The lowest BCUT2D eigenvalue weighted by atomic mass is 9.74. The predicted molar refractivity (Wildman–Crippen MR) is 209 cm³/mol. The molecule has 2 heterocycles. The van der Waals surface area contributed by atoms with Crippen molar-refractivity contribution < 1.29 is 57.9 Å². The molecule has 2 saturated heterocycles. The number of cyclic esters (lactones) is 1. The molecular formula is C42H66N2O13. The van der Waals surface area contributed by atoms with Crippen molar-refractivity contribution in [2.45, 2.75) is 154 Å². The average molecular weight is 807 g/mol. The smallest absolute Gasteiger partial charge is 0.312 e. The number of ketones is 1. The van der Waals surface area contributed by atoms with E-state index in [0.29, 0.717) is 12.3 Å². The second-order valence-electron chi connectivity index (χ2n) is 17.2. The van der Waals surface area contributed by atoms with Gasteiger partial charge in [0.15, 0.2) is 6.29 Å². The molecule has 1 aromatic rings. The van der Waals surface area contributed by atoms with E-state index < -0.39 is 95.0 Å². The molecule has 0 bridgehead atoms. The third-order valence-corrected chi connectivity index (χ3v) is 12.7. The number of carbonyl (C=O) groups is 3. The summed E-state index contributed by atoms with van der Waals surface area (Å²) in [6, 6.07) is 5.76. The van der Waals surface area contributed by atoms with Gasteiger partial charge in [0, 0.05) is 56.2 Å². The van der Waals surface area contributed by atoms with E-state index >= 15 is 0 Å². The van der Waals surface area contributed by atoms with Crippen molar-refractivity contribution in [2.75, 3.05) is 27.8 Å². The van der Waals surface area contributed by atoms with Crippen molar-refractivity contribution in [3.8, 4) is 0 Å². The van der Waals surface area contributed by atoms with Gasteiger partial charge >= 0.3 is 11.9 Å². The van der Waals surface area contributed by atoms with Crippen LogP contribution in [0.15, 0.2) is 24.3 Å². The number of methoxy groups -OCH3 is 2. The second kappa shape index (κ2) is 19.3. The van der Waals surface area contributed by atoms with Gasteiger partial charge in [0.1, 0.15) is 29.7 Å². The number of rotatable bonds is 12. The van der Waals surface area contributed by atoms with E-state index in [2.05, 4.69) is 11.9 Å². The first-order valence-electron chi connectivity index (χ1n) is 20.4. The fraction of sp³-hybridized carbons (Fsp3) is 0.786. The van der Waals surface area contributed by atoms with Crippen LogP contribution in [0.4, 0.5) is 5.69 Å². The summed E-state index contributed by atoms with van der Waals surface area (Å²) in [5, 5.41) is 34.9. The maximum absolute atomic E-state index is 14.2. The number of esters is 2. The Bertz CT molecular complexity index is 1550. The number of nitro groups is 1. The Morgan fingerprint density at radius 3 is 2.28 bits per heavy atom. The number of para-hydroxylation sites is 1. The summed E-state index contributed by atoms with van der Waals surface area (Å²) < 4.78 is 38.0. The molecule has 1 aromatic carbocycles. The molecule has 57 heavy (non-hydrogen) atoms. The molecule has 4 rings (SSSR count). The molecule has 14 atom stereocenters. The largest absolute Gasteiger partial charge is 0.461 e. The van der Waals surface area contributed by atoms with Crippen LogP contribution in [-0.2, 0) is 49.2 Å². The van der Waals surface area contributed by atoms with Gasteiger partial charge in [-0.3, -0.25) is 24.5 Å². The number of benzene rings is 1. The summed E-state index contributed by atoms with van der Waals surface area (Å²) in [4.78, 5) is 55.6. The van der Waals surface area contributed by atoms with E-state index in [9.17, 15) is 34.7 Å². The zero-order valence-corrected chi connectivity index (χ0v) is 35.5. The summed E-state index contributed by atoms with van der Waals surface area (Å²) in [6.07, 6.45) is -4.20. The van der Waals surface area contributed by atoms with Gasteiger partial charge in [-0.1, -0.05) is 45.9 Å². The molecular weight excluding hydrogens is 740 g/mol. The number of likely N-dealkylation sites (N-methyl/N-ethyl adjacent to an activating group) is 1. The Kier molecular flexibility index (Phi) is 15.8. The Morgan fingerprint density at radius 1 is 1.05 bits per heavy atom. The van der Waals surface area contributed by atoms with Crippen LogP contribution < -0.4 is 0 Å². The van der Waals surface area contributed by atoms with Crippen molar-refractivity contribution in [1.29, 1.82) is 0 Å². The van der Waals surface area contributed by atoms with E-state index in [1.54, 1.807) is 40.9 Å². The molecule has 2 aliphatic heterocycles. The number of aliphatic hydroxyl groups excluding tert-OH is 1. The first-order valence-corrected chi connectivity index (χ1v) is 20.4. The minimum atomic E-state index is -2.03. The van der Waals surface area contributed by atoms with E-state index in [-0.39, 0.29) is 42.0 Å². The predicted octanol–water partition coefficient (Wildman–Crippen LogP) is 4.65. The number of hydrogen-bond acceptors (Lipinski definition) is 14. The molecule has 0 spiro atoms. The third-order valence-electron chi connectivity index (χ3n) is 12.7. The Morgan fingerprint density at radius 2 is 1.70 bits per heavy atom. The zero-order valence-electron chi connectivity index (χ0n) is 35.5. The maximum Gasteiger partial charge on any atom is 0.312 e. The Labute approximate surface area is 337 Å². The van der Waals surface area contributed by atoms with Crippen molar-refractivity contribution in [2.24, 2.45) is 29.6 Å². The number of nitro benzene ring substituents is 1. The van der Waals surface area contributed by atoms with Crippen LogP contribution in [0.1, 0.15) is 93.1 Å². The van der Waals surface area contributed by atoms with E-state index in [1.807, 2.05) is 6.92 Å². The summed E-state index contributed by atoms with van der Waals surface area (Å²) in [5.74, 6) is -5.27. The summed E-state index contributed by atoms with van der Waals surface area (Å²) >= 11 is 0. The first-order chi connectivity index (χ1) is 26.7. The van der Waals surface area contributed by atoms with Gasteiger partial charge in [-0.25, -0.2) is 0 Å². The molecule has 1 saturated carbocycles. The van der Waals surface area contributed by atoms with Crippen LogP contribution in [0.25, 0.3) is 0 Å².